The Hall–Kier alpha value is -2.06. The molecule has 4 nitrogen and oxygen atoms in total. The Morgan fingerprint density at radius 1 is 1.50 bits per heavy atom. The van der Waals surface area contributed by atoms with Gasteiger partial charge in [-0.15, -0.1) is 11.3 Å². The van der Waals surface area contributed by atoms with Crippen molar-refractivity contribution in [3.63, 3.8) is 0 Å². The molecule has 0 saturated carbocycles. The Kier molecular flexibility index (Phi) is 4.77. The monoisotopic (exact) mass is 342 g/mol. The molecule has 24 heavy (non-hydrogen) atoms. The lowest BCUT2D eigenvalue weighted by Gasteiger charge is -2.21. The summed E-state index contributed by atoms with van der Waals surface area (Å²) < 4.78 is 5.43. The van der Waals surface area contributed by atoms with Gasteiger partial charge in [0.05, 0.1) is 11.1 Å². The van der Waals surface area contributed by atoms with Crippen LogP contribution in [-0.4, -0.2) is 5.91 Å². The maximum Gasteiger partial charge on any atom is 0.259 e. The van der Waals surface area contributed by atoms with Crippen molar-refractivity contribution in [2.24, 2.45) is 5.92 Å². The molecule has 1 unspecified atom stereocenters. The molecule has 0 aliphatic heterocycles. The quantitative estimate of drug-likeness (QED) is 0.851. The molecule has 2 aromatic heterocycles. The smallest absolute Gasteiger partial charge is 0.259 e. The van der Waals surface area contributed by atoms with Crippen LogP contribution in [0.1, 0.15) is 64.1 Å². The third kappa shape index (κ3) is 3.11. The fraction of sp³-hybridized carbons (Fsp3) is 0.474. The molecule has 0 fully saturated rings. The standard InChI is InChI=1S/C19H22N2O2S/c1-4-5-13-6-7-14-16(10-20)19(24-17(14)9-13)21-18(22)15-8-11(2)23-12(15)3/h8,13H,4-7,9H2,1-3H3,(H,21,22). The molecular weight excluding hydrogens is 320 g/mol. The predicted molar refractivity (Wildman–Crippen MR) is 95.6 cm³/mol. The van der Waals surface area contributed by atoms with Crippen LogP contribution in [-0.2, 0) is 12.8 Å². The fourth-order valence-corrected chi connectivity index (χ4v) is 4.85. The van der Waals surface area contributed by atoms with Crippen molar-refractivity contribution < 1.29 is 9.21 Å². The number of carbonyl (C=O) groups is 1. The van der Waals surface area contributed by atoms with E-state index in [1.165, 1.54) is 17.7 Å². The Morgan fingerprint density at radius 3 is 2.92 bits per heavy atom. The number of amides is 1. The zero-order chi connectivity index (χ0) is 17.3. The van der Waals surface area contributed by atoms with Crippen LogP contribution in [0.2, 0.25) is 0 Å². The number of aryl methyl sites for hydroxylation is 2. The maximum absolute atomic E-state index is 12.5. The minimum Gasteiger partial charge on any atom is -0.466 e. The Balaban J connectivity index is 1.86. The van der Waals surface area contributed by atoms with Gasteiger partial charge in [0.25, 0.3) is 5.91 Å². The molecule has 5 heteroatoms. The van der Waals surface area contributed by atoms with E-state index in [2.05, 4.69) is 18.3 Å². The number of nitrogens with zero attached hydrogens (tertiary/aromatic N) is 1. The zero-order valence-corrected chi connectivity index (χ0v) is 15.2. The van der Waals surface area contributed by atoms with Crippen molar-refractivity contribution in [1.82, 2.24) is 0 Å². The molecule has 126 valence electrons. The lowest BCUT2D eigenvalue weighted by Crippen LogP contribution is -2.13. The van der Waals surface area contributed by atoms with Crippen molar-refractivity contribution in [3.05, 3.63) is 39.2 Å². The lowest BCUT2D eigenvalue weighted by molar-refractivity contribution is 0.102. The van der Waals surface area contributed by atoms with E-state index in [0.717, 1.165) is 24.8 Å². The molecule has 1 aliphatic rings. The highest BCUT2D eigenvalue weighted by Gasteiger charge is 2.26. The minimum absolute atomic E-state index is 0.204. The van der Waals surface area contributed by atoms with E-state index in [9.17, 15) is 10.1 Å². The van der Waals surface area contributed by atoms with Crippen molar-refractivity contribution in [3.8, 4) is 6.07 Å². The van der Waals surface area contributed by atoms with Crippen LogP contribution >= 0.6 is 11.3 Å². The summed E-state index contributed by atoms with van der Waals surface area (Å²) in [6.07, 6.45) is 5.54. The summed E-state index contributed by atoms with van der Waals surface area (Å²) >= 11 is 1.57. The Bertz CT molecular complexity index is 810. The van der Waals surface area contributed by atoms with Crippen LogP contribution in [0.3, 0.4) is 0 Å². The lowest BCUT2D eigenvalue weighted by atomic mass is 9.85. The summed E-state index contributed by atoms with van der Waals surface area (Å²) in [7, 11) is 0. The van der Waals surface area contributed by atoms with Gasteiger partial charge in [-0.1, -0.05) is 19.8 Å². The van der Waals surface area contributed by atoms with Crippen LogP contribution in [0.4, 0.5) is 5.00 Å². The normalized spacial score (nSPS) is 16.5. The van der Waals surface area contributed by atoms with E-state index in [1.54, 1.807) is 24.3 Å². The number of fused-ring (bicyclic) bond motifs is 1. The molecule has 1 amide bonds. The number of hydrogen-bond donors (Lipinski definition) is 1. The molecule has 2 heterocycles. The van der Waals surface area contributed by atoms with Crippen LogP contribution < -0.4 is 5.32 Å². The van der Waals surface area contributed by atoms with Gasteiger partial charge in [0.1, 0.15) is 22.6 Å². The fourth-order valence-electron chi connectivity index (χ4n) is 3.54. The number of nitrogens with one attached hydrogen (secondary N) is 1. The highest BCUT2D eigenvalue weighted by Crippen LogP contribution is 2.40. The molecule has 1 aliphatic carbocycles. The number of rotatable bonds is 4. The minimum atomic E-state index is -0.204. The highest BCUT2D eigenvalue weighted by atomic mass is 32.1. The van der Waals surface area contributed by atoms with Crippen molar-refractivity contribution in [2.45, 2.75) is 52.9 Å². The summed E-state index contributed by atoms with van der Waals surface area (Å²) in [6, 6.07) is 4.04. The van der Waals surface area contributed by atoms with E-state index in [0.29, 0.717) is 33.6 Å². The molecule has 1 atom stereocenters. The Labute approximate surface area is 146 Å². The second kappa shape index (κ2) is 6.82. The molecule has 0 radical (unpaired) electrons. The second-order valence-corrected chi connectivity index (χ2v) is 7.60. The molecule has 0 aromatic carbocycles. The zero-order valence-electron chi connectivity index (χ0n) is 14.4. The third-order valence-corrected chi connectivity index (χ3v) is 5.86. The van der Waals surface area contributed by atoms with E-state index < -0.39 is 0 Å². The van der Waals surface area contributed by atoms with Gasteiger partial charge in [-0.25, -0.2) is 0 Å². The van der Waals surface area contributed by atoms with Crippen molar-refractivity contribution in [1.29, 1.82) is 5.26 Å². The van der Waals surface area contributed by atoms with Gasteiger partial charge in [-0.2, -0.15) is 5.26 Å². The molecular formula is C19H22N2O2S. The van der Waals surface area contributed by atoms with E-state index >= 15 is 0 Å². The van der Waals surface area contributed by atoms with Crippen LogP contribution in [0.15, 0.2) is 10.5 Å². The summed E-state index contributed by atoms with van der Waals surface area (Å²) in [6.45, 7) is 5.82. The van der Waals surface area contributed by atoms with Gasteiger partial charge in [-0.05, 0) is 50.7 Å². The van der Waals surface area contributed by atoms with Gasteiger partial charge in [0, 0.05) is 4.88 Å². The van der Waals surface area contributed by atoms with E-state index in [-0.39, 0.29) is 5.91 Å². The average Bonchev–Trinajstić information content (AvgIpc) is 3.05. The van der Waals surface area contributed by atoms with Crippen molar-refractivity contribution >= 4 is 22.2 Å². The first-order valence-corrected chi connectivity index (χ1v) is 9.28. The van der Waals surface area contributed by atoms with Crippen LogP contribution in [0, 0.1) is 31.1 Å². The van der Waals surface area contributed by atoms with Gasteiger partial charge in [0.2, 0.25) is 0 Å². The first-order valence-electron chi connectivity index (χ1n) is 8.46. The maximum atomic E-state index is 12.5. The average molecular weight is 342 g/mol. The first kappa shape index (κ1) is 16.8. The second-order valence-electron chi connectivity index (χ2n) is 6.50. The highest BCUT2D eigenvalue weighted by molar-refractivity contribution is 7.16. The molecule has 0 saturated heterocycles. The molecule has 0 spiro atoms. The number of anilines is 1. The molecule has 3 rings (SSSR count). The van der Waals surface area contributed by atoms with Gasteiger partial charge in [0.15, 0.2) is 0 Å². The summed E-state index contributed by atoms with van der Waals surface area (Å²) in [5.74, 6) is 1.82. The number of nitriles is 1. The molecule has 2 aromatic rings. The molecule has 1 N–H and O–H groups in total. The van der Waals surface area contributed by atoms with Crippen LogP contribution in [0.25, 0.3) is 0 Å². The summed E-state index contributed by atoms with van der Waals surface area (Å²) in [4.78, 5) is 13.8. The van der Waals surface area contributed by atoms with Gasteiger partial charge >= 0.3 is 0 Å². The largest absolute Gasteiger partial charge is 0.466 e. The number of thiophene rings is 1. The van der Waals surface area contributed by atoms with E-state index in [4.69, 9.17) is 4.42 Å². The van der Waals surface area contributed by atoms with E-state index in [1.807, 2.05) is 6.92 Å². The summed E-state index contributed by atoms with van der Waals surface area (Å²) in [5.41, 5.74) is 2.33. The third-order valence-electron chi connectivity index (χ3n) is 4.69. The number of carbonyl (C=O) groups excluding carboxylic acids is 1. The SMILES string of the molecule is CCCC1CCc2c(sc(NC(=O)c3cc(C)oc3C)c2C#N)C1. The topological polar surface area (TPSA) is 66.0 Å². The predicted octanol–water partition coefficient (Wildman–Crippen LogP) is 4.99. The molecule has 0 bridgehead atoms. The first-order chi connectivity index (χ1) is 11.5. The number of furan rings is 1. The van der Waals surface area contributed by atoms with Crippen LogP contribution in [0.5, 0.6) is 0 Å². The number of hydrogen-bond acceptors (Lipinski definition) is 4. The van der Waals surface area contributed by atoms with Gasteiger partial charge < -0.3 is 9.73 Å². The van der Waals surface area contributed by atoms with Gasteiger partial charge in [-0.3, -0.25) is 4.79 Å². The van der Waals surface area contributed by atoms with Crippen molar-refractivity contribution in [2.75, 3.05) is 5.32 Å². The Morgan fingerprint density at radius 2 is 2.29 bits per heavy atom. The summed E-state index contributed by atoms with van der Waals surface area (Å²) in [5, 5.41) is 13.2.